The van der Waals surface area contributed by atoms with Gasteiger partial charge in [-0.1, -0.05) is 29.3 Å². The van der Waals surface area contributed by atoms with Gasteiger partial charge in [-0.05, 0) is 38.5 Å². The van der Waals surface area contributed by atoms with E-state index in [-0.39, 0.29) is 25.0 Å². The number of benzene rings is 1. The van der Waals surface area contributed by atoms with Gasteiger partial charge in [0.2, 0.25) is 5.91 Å². The summed E-state index contributed by atoms with van der Waals surface area (Å²) in [5.41, 5.74) is 1.54. The van der Waals surface area contributed by atoms with Crippen LogP contribution in [0.1, 0.15) is 38.7 Å². The number of hydrogen-bond donors (Lipinski definition) is 1. The fourth-order valence-electron chi connectivity index (χ4n) is 2.72. The summed E-state index contributed by atoms with van der Waals surface area (Å²) in [6.45, 7) is 5.94. The summed E-state index contributed by atoms with van der Waals surface area (Å²) in [4.78, 5) is 24.5. The van der Waals surface area contributed by atoms with Crippen molar-refractivity contribution in [2.75, 3.05) is 13.2 Å². The molecule has 1 aliphatic heterocycles. The van der Waals surface area contributed by atoms with E-state index in [1.807, 2.05) is 13.8 Å². The molecule has 2 rings (SSSR count). The van der Waals surface area contributed by atoms with Crippen LogP contribution in [0.25, 0.3) is 0 Å². The molecule has 0 fully saturated rings. The number of rotatable bonds is 6. The first-order valence-corrected chi connectivity index (χ1v) is 8.79. The molecule has 0 spiro atoms. The first kappa shape index (κ1) is 19.8. The second-order valence-corrected chi connectivity index (χ2v) is 6.91. The third-order valence-corrected chi connectivity index (χ3v) is 4.36. The lowest BCUT2D eigenvalue weighted by molar-refractivity contribution is -0.141. The molecule has 1 N–H and O–H groups in total. The number of halogens is 2. The molecule has 5 nitrogen and oxygen atoms in total. The minimum atomic E-state index is -0.485. The predicted octanol–water partition coefficient (Wildman–Crippen LogP) is 3.84. The van der Waals surface area contributed by atoms with Crippen LogP contribution < -0.4 is 5.32 Å². The van der Waals surface area contributed by atoms with Gasteiger partial charge in [0.1, 0.15) is 6.61 Å². The molecule has 0 saturated heterocycles. The lowest BCUT2D eigenvalue weighted by Crippen LogP contribution is -2.34. The van der Waals surface area contributed by atoms with Crippen LogP contribution in [0.15, 0.2) is 29.5 Å². The predicted molar refractivity (Wildman–Crippen MR) is 96.7 cm³/mol. The number of nitrogens with one attached hydrogen (secondary N) is 1. The Morgan fingerprint density at radius 2 is 2.04 bits per heavy atom. The highest BCUT2D eigenvalue weighted by atomic mass is 35.5. The summed E-state index contributed by atoms with van der Waals surface area (Å²) in [6, 6.07) is 5.01. The third-order valence-electron chi connectivity index (χ3n) is 3.79. The third kappa shape index (κ3) is 5.21. The van der Waals surface area contributed by atoms with E-state index < -0.39 is 11.9 Å². The molecule has 0 saturated carbocycles. The standard InChI is InChI=1S/C18H21Cl2NO4/c1-10(2)24-6-7-25-18(23)17-11(3)21-16(22)9-14(17)13-5-4-12(19)8-15(13)20/h4-5,8,10,14H,6-7,9H2,1-3H3,(H,21,22)/t14-/m1/s1. The minimum Gasteiger partial charge on any atom is -0.460 e. The van der Waals surface area contributed by atoms with Crippen LogP contribution in [0.5, 0.6) is 0 Å². The van der Waals surface area contributed by atoms with Gasteiger partial charge >= 0.3 is 5.97 Å². The molecule has 1 aromatic rings. The molecule has 1 aliphatic rings. The minimum absolute atomic E-state index is 0.0641. The summed E-state index contributed by atoms with van der Waals surface area (Å²) < 4.78 is 10.7. The molecular formula is C18H21Cl2NO4. The van der Waals surface area contributed by atoms with Crippen LogP contribution in [0, 0.1) is 0 Å². The Morgan fingerprint density at radius 1 is 1.32 bits per heavy atom. The van der Waals surface area contributed by atoms with Gasteiger partial charge in [-0.15, -0.1) is 0 Å². The van der Waals surface area contributed by atoms with Crippen LogP contribution in [0.4, 0.5) is 0 Å². The highest BCUT2D eigenvalue weighted by Gasteiger charge is 2.33. The van der Waals surface area contributed by atoms with Crippen molar-refractivity contribution in [2.45, 2.75) is 39.2 Å². The van der Waals surface area contributed by atoms with Gasteiger partial charge in [-0.3, -0.25) is 4.79 Å². The van der Waals surface area contributed by atoms with Gasteiger partial charge < -0.3 is 14.8 Å². The van der Waals surface area contributed by atoms with Crippen molar-refractivity contribution in [2.24, 2.45) is 0 Å². The summed E-state index contributed by atoms with van der Waals surface area (Å²) in [5.74, 6) is -1.13. The summed E-state index contributed by atoms with van der Waals surface area (Å²) >= 11 is 12.2. The summed E-state index contributed by atoms with van der Waals surface area (Å²) in [6.07, 6.45) is 0.181. The lowest BCUT2D eigenvalue weighted by Gasteiger charge is -2.27. The average molecular weight is 386 g/mol. The number of allylic oxidation sites excluding steroid dienone is 1. The molecular weight excluding hydrogens is 365 g/mol. The van der Waals surface area contributed by atoms with Crippen molar-refractivity contribution in [3.8, 4) is 0 Å². The number of amides is 1. The fourth-order valence-corrected chi connectivity index (χ4v) is 3.26. The van der Waals surface area contributed by atoms with Crippen LogP contribution in [0.3, 0.4) is 0 Å². The molecule has 7 heteroatoms. The van der Waals surface area contributed by atoms with E-state index in [0.717, 1.165) is 0 Å². The van der Waals surface area contributed by atoms with Gasteiger partial charge in [-0.25, -0.2) is 4.79 Å². The average Bonchev–Trinajstić information content (AvgIpc) is 2.50. The molecule has 0 aromatic heterocycles. The van der Waals surface area contributed by atoms with Crippen molar-refractivity contribution in [1.82, 2.24) is 5.32 Å². The molecule has 0 aliphatic carbocycles. The molecule has 1 atom stereocenters. The van der Waals surface area contributed by atoms with Crippen LogP contribution in [-0.2, 0) is 19.1 Å². The van der Waals surface area contributed by atoms with Crippen LogP contribution >= 0.6 is 23.2 Å². The van der Waals surface area contributed by atoms with Crippen molar-refractivity contribution < 1.29 is 19.1 Å². The highest BCUT2D eigenvalue weighted by molar-refractivity contribution is 6.35. The Kier molecular flexibility index (Phi) is 6.87. The van der Waals surface area contributed by atoms with Gasteiger partial charge in [0, 0.05) is 28.1 Å². The maximum atomic E-state index is 12.6. The molecule has 0 bridgehead atoms. The summed E-state index contributed by atoms with van der Waals surface area (Å²) in [7, 11) is 0. The van der Waals surface area contributed by atoms with Crippen molar-refractivity contribution >= 4 is 35.1 Å². The quantitative estimate of drug-likeness (QED) is 0.596. The zero-order valence-electron chi connectivity index (χ0n) is 14.4. The van der Waals surface area contributed by atoms with E-state index in [9.17, 15) is 9.59 Å². The smallest absolute Gasteiger partial charge is 0.336 e. The zero-order valence-corrected chi connectivity index (χ0v) is 15.9. The van der Waals surface area contributed by atoms with Crippen LogP contribution in [0.2, 0.25) is 10.0 Å². The van der Waals surface area contributed by atoms with Crippen molar-refractivity contribution in [3.05, 3.63) is 45.1 Å². The topological polar surface area (TPSA) is 64.6 Å². The van der Waals surface area contributed by atoms with Crippen molar-refractivity contribution in [3.63, 3.8) is 0 Å². The molecule has 0 unspecified atom stereocenters. The maximum absolute atomic E-state index is 12.6. The second kappa shape index (κ2) is 8.70. The van der Waals surface area contributed by atoms with Gasteiger partial charge in [0.25, 0.3) is 0 Å². The van der Waals surface area contributed by atoms with E-state index in [1.165, 1.54) is 0 Å². The number of ether oxygens (including phenoxy) is 2. The number of carbonyl (C=O) groups is 2. The Labute approximate surface area is 157 Å². The molecule has 25 heavy (non-hydrogen) atoms. The lowest BCUT2D eigenvalue weighted by atomic mass is 9.84. The molecule has 1 heterocycles. The van der Waals surface area contributed by atoms with Gasteiger partial charge in [-0.2, -0.15) is 0 Å². The molecule has 1 amide bonds. The van der Waals surface area contributed by atoms with E-state index in [4.69, 9.17) is 32.7 Å². The highest BCUT2D eigenvalue weighted by Crippen LogP contribution is 2.37. The monoisotopic (exact) mass is 385 g/mol. The van der Waals surface area contributed by atoms with Crippen LogP contribution in [-0.4, -0.2) is 31.2 Å². The van der Waals surface area contributed by atoms with E-state index in [1.54, 1.807) is 25.1 Å². The molecule has 136 valence electrons. The van der Waals surface area contributed by atoms with E-state index in [2.05, 4.69) is 5.32 Å². The Balaban J connectivity index is 2.23. The number of esters is 1. The Bertz CT molecular complexity index is 700. The second-order valence-electron chi connectivity index (χ2n) is 6.06. The number of hydrogen-bond acceptors (Lipinski definition) is 4. The number of carbonyl (C=O) groups excluding carboxylic acids is 2. The SMILES string of the molecule is CC1=C(C(=O)OCCOC(C)C)[C@@H](c2ccc(Cl)cc2Cl)CC(=O)N1. The van der Waals surface area contributed by atoms with Gasteiger partial charge in [0.05, 0.1) is 18.3 Å². The normalized spacial score (nSPS) is 17.7. The fraction of sp³-hybridized carbons (Fsp3) is 0.444. The molecule has 0 radical (unpaired) electrons. The first-order chi connectivity index (χ1) is 11.8. The molecule has 1 aromatic carbocycles. The van der Waals surface area contributed by atoms with E-state index in [0.29, 0.717) is 33.5 Å². The Hall–Kier alpha value is -1.56. The Morgan fingerprint density at radius 3 is 2.68 bits per heavy atom. The zero-order chi connectivity index (χ0) is 18.6. The van der Waals surface area contributed by atoms with Crippen molar-refractivity contribution in [1.29, 1.82) is 0 Å². The van der Waals surface area contributed by atoms with Gasteiger partial charge in [0.15, 0.2) is 0 Å². The first-order valence-electron chi connectivity index (χ1n) is 8.04. The maximum Gasteiger partial charge on any atom is 0.336 e. The van der Waals surface area contributed by atoms with E-state index >= 15 is 0 Å². The largest absolute Gasteiger partial charge is 0.460 e. The summed E-state index contributed by atoms with van der Waals surface area (Å²) in [5, 5.41) is 3.59.